The molecule has 1 saturated heterocycles. The molecule has 2 aliphatic rings. The minimum atomic E-state index is -1.00. The molecule has 0 aromatic carbocycles. The van der Waals surface area contributed by atoms with Crippen molar-refractivity contribution in [3.63, 3.8) is 0 Å². The fourth-order valence-electron chi connectivity index (χ4n) is 2.98. The first-order valence-electron chi connectivity index (χ1n) is 7.36. The molecule has 1 saturated carbocycles. The number of nitrogens with zero attached hydrogens (tertiary/aromatic N) is 2. The highest BCUT2D eigenvalue weighted by molar-refractivity contribution is 6.19. The van der Waals surface area contributed by atoms with Gasteiger partial charge >= 0.3 is 6.03 Å². The number of carbonyl (C=O) groups excluding carboxylic acids is 3. The number of barbiturate groups is 1. The summed E-state index contributed by atoms with van der Waals surface area (Å²) < 4.78 is 4.99. The van der Waals surface area contributed by atoms with Crippen LogP contribution in [-0.2, 0) is 14.3 Å². The molecule has 118 valence electrons. The van der Waals surface area contributed by atoms with Gasteiger partial charge in [-0.15, -0.1) is 0 Å². The molecule has 7 nitrogen and oxygen atoms in total. The number of imide groups is 2. The summed E-state index contributed by atoms with van der Waals surface area (Å²) in [6.45, 7) is 2.18. The fraction of sp³-hybridized carbons (Fsp3) is 0.786. The Kier molecular flexibility index (Phi) is 4.95. The lowest BCUT2D eigenvalue weighted by atomic mass is 9.82. The maximum Gasteiger partial charge on any atom is 0.330 e. The minimum Gasteiger partial charge on any atom is -0.383 e. The van der Waals surface area contributed by atoms with Crippen molar-refractivity contribution in [2.75, 3.05) is 40.4 Å². The van der Waals surface area contributed by atoms with Crippen LogP contribution in [-0.4, -0.2) is 68.0 Å². The molecule has 0 aromatic rings. The highest BCUT2D eigenvalue weighted by atomic mass is 16.5. The third kappa shape index (κ3) is 3.08. The number of nitrogens with one attached hydrogen (secondary N) is 1. The Morgan fingerprint density at radius 2 is 1.90 bits per heavy atom. The molecule has 0 radical (unpaired) electrons. The van der Waals surface area contributed by atoms with Gasteiger partial charge in [0.1, 0.15) is 5.41 Å². The first-order chi connectivity index (χ1) is 10.0. The minimum absolute atomic E-state index is 0.292. The Hall–Kier alpha value is -1.47. The lowest BCUT2D eigenvalue weighted by molar-refractivity contribution is -0.151. The number of hydrogen-bond acceptors (Lipinski definition) is 5. The molecule has 2 rings (SSSR count). The first kappa shape index (κ1) is 15.9. The van der Waals surface area contributed by atoms with Crippen LogP contribution in [0, 0.1) is 5.41 Å². The zero-order chi connectivity index (χ0) is 15.5. The summed E-state index contributed by atoms with van der Waals surface area (Å²) in [5, 5.41) is 2.34. The number of rotatable bonds is 6. The number of hydrogen-bond donors (Lipinski definition) is 1. The Labute approximate surface area is 124 Å². The largest absolute Gasteiger partial charge is 0.383 e. The highest BCUT2D eigenvalue weighted by Crippen LogP contribution is 2.41. The van der Waals surface area contributed by atoms with Crippen molar-refractivity contribution in [2.45, 2.75) is 25.7 Å². The molecule has 1 aliphatic heterocycles. The molecule has 1 spiro atoms. The summed E-state index contributed by atoms with van der Waals surface area (Å²) >= 11 is 0. The van der Waals surface area contributed by atoms with Gasteiger partial charge in [0, 0.05) is 26.7 Å². The van der Waals surface area contributed by atoms with E-state index in [1.165, 1.54) is 4.90 Å². The second-order valence-corrected chi connectivity index (χ2v) is 5.80. The van der Waals surface area contributed by atoms with Gasteiger partial charge < -0.3 is 9.64 Å². The monoisotopic (exact) mass is 297 g/mol. The number of ether oxygens (including phenoxy) is 1. The quantitative estimate of drug-likeness (QED) is 0.709. The van der Waals surface area contributed by atoms with Crippen LogP contribution in [0.4, 0.5) is 4.79 Å². The maximum atomic E-state index is 12.6. The fourth-order valence-corrected chi connectivity index (χ4v) is 2.98. The second kappa shape index (κ2) is 6.53. The van der Waals surface area contributed by atoms with Crippen LogP contribution >= 0.6 is 0 Å². The van der Waals surface area contributed by atoms with E-state index in [0.717, 1.165) is 19.4 Å². The zero-order valence-electron chi connectivity index (χ0n) is 12.7. The molecule has 0 bridgehead atoms. The van der Waals surface area contributed by atoms with Crippen LogP contribution in [0.15, 0.2) is 0 Å². The van der Waals surface area contributed by atoms with Crippen LogP contribution in [0.2, 0.25) is 0 Å². The Bertz CT molecular complexity index is 432. The lowest BCUT2D eigenvalue weighted by Crippen LogP contribution is -2.63. The predicted octanol–water partition coefficient (Wildman–Crippen LogP) is 0.203. The van der Waals surface area contributed by atoms with Crippen LogP contribution < -0.4 is 5.32 Å². The summed E-state index contributed by atoms with van der Waals surface area (Å²) in [7, 11) is 3.53. The topological polar surface area (TPSA) is 79.0 Å². The van der Waals surface area contributed by atoms with E-state index in [0.29, 0.717) is 32.5 Å². The molecule has 1 N–H and O–H groups in total. The maximum absolute atomic E-state index is 12.6. The van der Waals surface area contributed by atoms with E-state index >= 15 is 0 Å². The Morgan fingerprint density at radius 1 is 1.24 bits per heavy atom. The van der Waals surface area contributed by atoms with Crippen molar-refractivity contribution >= 4 is 17.8 Å². The molecule has 1 aliphatic carbocycles. The highest BCUT2D eigenvalue weighted by Gasteiger charge is 2.54. The Morgan fingerprint density at radius 3 is 2.52 bits per heavy atom. The van der Waals surface area contributed by atoms with Gasteiger partial charge in [0.25, 0.3) is 0 Å². The molecule has 4 amide bonds. The van der Waals surface area contributed by atoms with Gasteiger partial charge in [-0.25, -0.2) is 4.79 Å². The molecule has 7 heteroatoms. The first-order valence-corrected chi connectivity index (χ1v) is 7.36. The predicted molar refractivity (Wildman–Crippen MR) is 75.5 cm³/mol. The average molecular weight is 297 g/mol. The van der Waals surface area contributed by atoms with Gasteiger partial charge in [0.05, 0.1) is 6.61 Å². The normalized spacial score (nSPS) is 21.5. The summed E-state index contributed by atoms with van der Waals surface area (Å²) in [4.78, 5) is 39.7. The third-order valence-corrected chi connectivity index (χ3v) is 4.39. The van der Waals surface area contributed by atoms with E-state index in [1.807, 2.05) is 11.9 Å². The van der Waals surface area contributed by atoms with Crippen molar-refractivity contribution in [1.82, 2.24) is 15.1 Å². The molecule has 0 atom stereocenters. The van der Waals surface area contributed by atoms with Crippen molar-refractivity contribution in [2.24, 2.45) is 5.41 Å². The zero-order valence-corrected chi connectivity index (χ0v) is 12.7. The standard InChI is InChI=1S/C14H23N3O4/c1-16(9-10-21-2)7-8-17-12(19)14(5-3-4-6-14)11(18)15-13(17)20/h3-10H2,1-2H3,(H,15,18,20). The summed E-state index contributed by atoms with van der Waals surface area (Å²) in [6, 6.07) is -0.595. The molecular formula is C14H23N3O4. The number of amides is 4. The van der Waals surface area contributed by atoms with E-state index in [9.17, 15) is 14.4 Å². The number of methoxy groups -OCH3 is 1. The molecule has 0 unspecified atom stereocenters. The van der Waals surface area contributed by atoms with E-state index in [2.05, 4.69) is 5.32 Å². The molecule has 1 heterocycles. The molecule has 0 aromatic heterocycles. The average Bonchev–Trinajstić information content (AvgIpc) is 2.94. The van der Waals surface area contributed by atoms with Crippen LogP contribution in [0.3, 0.4) is 0 Å². The number of carbonyl (C=O) groups is 3. The summed E-state index contributed by atoms with van der Waals surface area (Å²) in [6.07, 6.45) is 2.80. The van der Waals surface area contributed by atoms with E-state index in [-0.39, 0.29) is 5.91 Å². The van der Waals surface area contributed by atoms with E-state index in [1.54, 1.807) is 7.11 Å². The van der Waals surface area contributed by atoms with Crippen LogP contribution in [0.25, 0.3) is 0 Å². The van der Waals surface area contributed by atoms with Crippen molar-refractivity contribution in [3.05, 3.63) is 0 Å². The Balaban J connectivity index is 2.00. The SMILES string of the molecule is COCCN(C)CCN1C(=O)NC(=O)C2(CCCC2)C1=O. The second-order valence-electron chi connectivity index (χ2n) is 5.80. The van der Waals surface area contributed by atoms with E-state index < -0.39 is 17.4 Å². The van der Waals surface area contributed by atoms with Crippen molar-refractivity contribution in [1.29, 1.82) is 0 Å². The van der Waals surface area contributed by atoms with Crippen LogP contribution in [0.5, 0.6) is 0 Å². The van der Waals surface area contributed by atoms with E-state index in [4.69, 9.17) is 4.74 Å². The smallest absolute Gasteiger partial charge is 0.330 e. The summed E-state index contributed by atoms with van der Waals surface area (Å²) in [5.41, 5.74) is -1.00. The van der Waals surface area contributed by atoms with Gasteiger partial charge in [0.15, 0.2) is 0 Å². The number of likely N-dealkylation sites (N-methyl/N-ethyl adjacent to an activating group) is 1. The van der Waals surface area contributed by atoms with Crippen molar-refractivity contribution < 1.29 is 19.1 Å². The molecule has 21 heavy (non-hydrogen) atoms. The third-order valence-electron chi connectivity index (χ3n) is 4.39. The number of urea groups is 1. The van der Waals surface area contributed by atoms with Crippen molar-refractivity contribution in [3.8, 4) is 0 Å². The van der Waals surface area contributed by atoms with Gasteiger partial charge in [0.2, 0.25) is 11.8 Å². The van der Waals surface area contributed by atoms with Gasteiger partial charge in [-0.3, -0.25) is 19.8 Å². The van der Waals surface area contributed by atoms with Gasteiger partial charge in [-0.1, -0.05) is 12.8 Å². The van der Waals surface area contributed by atoms with Crippen LogP contribution in [0.1, 0.15) is 25.7 Å². The molecule has 2 fully saturated rings. The van der Waals surface area contributed by atoms with Gasteiger partial charge in [-0.2, -0.15) is 0 Å². The lowest BCUT2D eigenvalue weighted by Gasteiger charge is -2.37. The molecular weight excluding hydrogens is 274 g/mol. The van der Waals surface area contributed by atoms with Gasteiger partial charge in [-0.05, 0) is 19.9 Å². The summed E-state index contributed by atoms with van der Waals surface area (Å²) in [5.74, 6) is -0.743.